The molecule has 2 aliphatic carbocycles. The topological polar surface area (TPSA) is 68.5 Å². The number of aromatic nitrogens is 1. The van der Waals surface area contributed by atoms with E-state index in [-0.39, 0.29) is 11.2 Å². The molecule has 0 unspecified atom stereocenters. The fraction of sp³-hybridized carbons (Fsp3) is 0.368. The van der Waals surface area contributed by atoms with E-state index in [0.29, 0.717) is 6.42 Å². The van der Waals surface area contributed by atoms with Gasteiger partial charge in [-0.2, -0.15) is 0 Å². The Balaban J connectivity index is 1.67. The molecular formula is C19H21N3O2S. The van der Waals surface area contributed by atoms with Gasteiger partial charge < -0.3 is 10.5 Å². The van der Waals surface area contributed by atoms with Crippen LogP contribution in [0.2, 0.25) is 0 Å². The molecule has 0 saturated carbocycles. The molecule has 0 amide bonds. The van der Waals surface area contributed by atoms with Gasteiger partial charge in [0.1, 0.15) is 12.0 Å². The van der Waals surface area contributed by atoms with Gasteiger partial charge in [-0.1, -0.05) is 31.3 Å². The summed E-state index contributed by atoms with van der Waals surface area (Å²) >= 11 is 1.45. The fourth-order valence-electron chi connectivity index (χ4n) is 3.40. The van der Waals surface area contributed by atoms with E-state index in [4.69, 9.17) is 15.5 Å². The molecule has 25 heavy (non-hydrogen) atoms. The first-order valence-corrected chi connectivity index (χ1v) is 9.26. The number of ether oxygens (including phenoxy) is 1. The molecule has 1 aromatic heterocycles. The Hall–Kier alpha value is -2.34. The summed E-state index contributed by atoms with van der Waals surface area (Å²) in [6, 6.07) is 0. The molecule has 0 aromatic carbocycles. The number of hydrogen-bond acceptors (Lipinski definition) is 6. The molecule has 5 nitrogen and oxygen atoms in total. The number of anilines is 1. The van der Waals surface area contributed by atoms with Crippen LogP contribution in [0.15, 0.2) is 47.8 Å². The summed E-state index contributed by atoms with van der Waals surface area (Å²) in [7, 11) is 0. The molecule has 0 saturated heterocycles. The summed E-state index contributed by atoms with van der Waals surface area (Å²) in [5.41, 5.74) is 8.73. The van der Waals surface area contributed by atoms with Crippen LogP contribution >= 0.6 is 11.3 Å². The number of rotatable bonds is 2. The van der Waals surface area contributed by atoms with Gasteiger partial charge in [-0.3, -0.25) is 9.69 Å². The van der Waals surface area contributed by atoms with Gasteiger partial charge in [0.25, 0.3) is 0 Å². The number of nitrogens with two attached hydrogens (primary N) is 1. The van der Waals surface area contributed by atoms with Crippen LogP contribution in [0.3, 0.4) is 0 Å². The van der Waals surface area contributed by atoms with Crippen LogP contribution in [0, 0.1) is 5.41 Å². The summed E-state index contributed by atoms with van der Waals surface area (Å²) in [6.07, 6.45) is 12.6. The van der Waals surface area contributed by atoms with E-state index in [2.05, 4.69) is 19.9 Å². The minimum Gasteiger partial charge on any atom is -0.462 e. The van der Waals surface area contributed by atoms with Crippen molar-refractivity contribution in [1.29, 1.82) is 0 Å². The lowest BCUT2D eigenvalue weighted by molar-refractivity contribution is 0.0916. The van der Waals surface area contributed by atoms with Gasteiger partial charge in [-0.25, -0.2) is 4.98 Å². The number of ketones is 1. The van der Waals surface area contributed by atoms with E-state index >= 15 is 0 Å². The Morgan fingerprint density at radius 3 is 3.00 bits per heavy atom. The summed E-state index contributed by atoms with van der Waals surface area (Å²) < 4.78 is 5.67. The number of carbonyl (C=O) groups is 1. The zero-order valence-electron chi connectivity index (χ0n) is 14.4. The quantitative estimate of drug-likeness (QED) is 0.868. The standard InChI is InChI=1S/C19H21N3O2S/c1-19(2)9-14-17(15(23)10-19)25-18(21-14)22-7-8-24-16(11-22)12-5-3-4-6-13(12)20/h4,6-8,11H,3,5,9-10,20H2,1-2H3. The number of fused-ring (bicyclic) bond motifs is 1. The molecule has 0 bridgehead atoms. The van der Waals surface area contributed by atoms with Crippen molar-refractivity contribution >= 4 is 22.3 Å². The number of nitrogens with zero attached hydrogens (tertiary/aromatic N) is 2. The lowest BCUT2D eigenvalue weighted by Gasteiger charge is -2.26. The van der Waals surface area contributed by atoms with Crippen molar-refractivity contribution in [2.75, 3.05) is 4.90 Å². The molecule has 2 heterocycles. The molecule has 4 rings (SSSR count). The van der Waals surface area contributed by atoms with Crippen LogP contribution in [0.5, 0.6) is 0 Å². The second-order valence-corrected chi connectivity index (χ2v) is 8.37. The van der Waals surface area contributed by atoms with Crippen molar-refractivity contribution in [3.8, 4) is 0 Å². The number of Topliss-reactive ketones (excluding diaryl/α,β-unsaturated/α-hetero) is 1. The van der Waals surface area contributed by atoms with Crippen LogP contribution in [-0.2, 0) is 11.2 Å². The Kier molecular flexibility index (Phi) is 3.80. The third-order valence-corrected chi connectivity index (χ3v) is 5.77. The molecule has 6 heteroatoms. The van der Waals surface area contributed by atoms with Crippen LogP contribution in [0.1, 0.15) is 48.5 Å². The maximum Gasteiger partial charge on any atom is 0.194 e. The fourth-order valence-corrected chi connectivity index (χ4v) is 4.38. The molecule has 0 spiro atoms. The minimum absolute atomic E-state index is 0.0228. The van der Waals surface area contributed by atoms with Crippen molar-refractivity contribution in [2.24, 2.45) is 11.1 Å². The van der Waals surface area contributed by atoms with E-state index in [0.717, 1.165) is 52.0 Å². The van der Waals surface area contributed by atoms with E-state index in [1.54, 1.807) is 6.26 Å². The van der Waals surface area contributed by atoms with Crippen molar-refractivity contribution in [3.05, 3.63) is 58.4 Å². The van der Waals surface area contributed by atoms with Gasteiger partial charge in [0.05, 0.1) is 16.8 Å². The van der Waals surface area contributed by atoms with Crippen LogP contribution in [-0.4, -0.2) is 10.8 Å². The average molecular weight is 355 g/mol. The van der Waals surface area contributed by atoms with Gasteiger partial charge in [-0.05, 0) is 30.8 Å². The maximum atomic E-state index is 12.4. The predicted octanol–water partition coefficient (Wildman–Crippen LogP) is 4.01. The highest BCUT2D eigenvalue weighted by atomic mass is 32.1. The van der Waals surface area contributed by atoms with E-state index in [1.165, 1.54) is 11.3 Å². The maximum absolute atomic E-state index is 12.4. The third kappa shape index (κ3) is 3.02. The first-order chi connectivity index (χ1) is 11.9. The second-order valence-electron chi connectivity index (χ2n) is 7.39. The van der Waals surface area contributed by atoms with Crippen molar-refractivity contribution in [1.82, 2.24) is 4.98 Å². The Bertz CT molecular complexity index is 858. The smallest absolute Gasteiger partial charge is 0.194 e. The first kappa shape index (κ1) is 16.1. The Morgan fingerprint density at radius 1 is 1.36 bits per heavy atom. The summed E-state index contributed by atoms with van der Waals surface area (Å²) in [6.45, 7) is 4.23. The lowest BCUT2D eigenvalue weighted by atomic mass is 9.78. The Morgan fingerprint density at radius 2 is 2.20 bits per heavy atom. The third-order valence-electron chi connectivity index (χ3n) is 4.62. The Labute approximate surface area is 151 Å². The summed E-state index contributed by atoms with van der Waals surface area (Å²) in [5, 5.41) is 0.790. The number of thiazole rings is 1. The molecule has 130 valence electrons. The largest absolute Gasteiger partial charge is 0.462 e. The summed E-state index contributed by atoms with van der Waals surface area (Å²) in [4.78, 5) is 19.9. The molecule has 1 aliphatic heterocycles. The van der Waals surface area contributed by atoms with E-state index in [9.17, 15) is 4.79 Å². The zero-order chi connectivity index (χ0) is 17.6. The number of allylic oxidation sites excluding steroid dienone is 3. The average Bonchev–Trinajstić information content (AvgIpc) is 2.98. The van der Waals surface area contributed by atoms with Gasteiger partial charge in [0.2, 0.25) is 0 Å². The molecule has 0 radical (unpaired) electrons. The molecule has 0 fully saturated rings. The predicted molar refractivity (Wildman–Crippen MR) is 98.9 cm³/mol. The lowest BCUT2D eigenvalue weighted by Crippen LogP contribution is -2.26. The summed E-state index contributed by atoms with van der Waals surface area (Å²) in [5.74, 6) is 0.935. The van der Waals surface area contributed by atoms with Crippen LogP contribution < -0.4 is 10.6 Å². The molecule has 1 aromatic rings. The SMILES string of the molecule is CC1(C)CC(=O)c2sc(N3C=COC(C4=C(N)C=CCC4)=C3)nc2C1. The number of hydrogen-bond donors (Lipinski definition) is 1. The van der Waals surface area contributed by atoms with Crippen molar-refractivity contribution in [2.45, 2.75) is 39.5 Å². The zero-order valence-corrected chi connectivity index (χ0v) is 15.2. The highest BCUT2D eigenvalue weighted by Crippen LogP contribution is 2.40. The highest BCUT2D eigenvalue weighted by molar-refractivity contribution is 7.17. The monoisotopic (exact) mass is 355 g/mol. The van der Waals surface area contributed by atoms with Crippen LogP contribution in [0.4, 0.5) is 5.13 Å². The van der Waals surface area contributed by atoms with Crippen molar-refractivity contribution in [3.63, 3.8) is 0 Å². The highest BCUT2D eigenvalue weighted by Gasteiger charge is 2.34. The number of carbonyl (C=O) groups excluding carboxylic acids is 1. The molecule has 0 atom stereocenters. The second kappa shape index (κ2) is 5.88. The molecule has 2 N–H and O–H groups in total. The van der Waals surface area contributed by atoms with Gasteiger partial charge >= 0.3 is 0 Å². The van der Waals surface area contributed by atoms with E-state index in [1.807, 2.05) is 23.4 Å². The molecular weight excluding hydrogens is 334 g/mol. The van der Waals surface area contributed by atoms with Gasteiger partial charge in [-0.15, -0.1) is 0 Å². The normalized spacial score (nSPS) is 21.9. The van der Waals surface area contributed by atoms with Gasteiger partial charge in [0.15, 0.2) is 10.9 Å². The minimum atomic E-state index is -0.0228. The first-order valence-electron chi connectivity index (χ1n) is 8.45. The van der Waals surface area contributed by atoms with Gasteiger partial charge in [0, 0.05) is 23.9 Å². The van der Waals surface area contributed by atoms with E-state index < -0.39 is 0 Å². The molecule has 3 aliphatic rings. The van der Waals surface area contributed by atoms with Crippen molar-refractivity contribution < 1.29 is 9.53 Å². The van der Waals surface area contributed by atoms with Crippen LogP contribution in [0.25, 0.3) is 0 Å².